The maximum absolute atomic E-state index is 9.88. The first-order valence-corrected chi connectivity index (χ1v) is 7.14. The van der Waals surface area contributed by atoms with Gasteiger partial charge in [-0.15, -0.1) is 0 Å². The third-order valence-electron chi connectivity index (χ3n) is 0.639. The van der Waals surface area contributed by atoms with Gasteiger partial charge in [0.2, 0.25) is 0 Å². The zero-order chi connectivity index (χ0) is 11.8. The Balaban J connectivity index is 0. The second-order valence-electron chi connectivity index (χ2n) is 1.47. The second kappa shape index (κ2) is 9.46. The van der Waals surface area contributed by atoms with Crippen LogP contribution in [0.15, 0.2) is 0 Å². The van der Waals surface area contributed by atoms with Crippen LogP contribution in [0.2, 0.25) is 0 Å². The van der Waals surface area contributed by atoms with Crippen molar-refractivity contribution in [3.63, 3.8) is 0 Å². The molecule has 1 saturated heterocycles. The van der Waals surface area contributed by atoms with E-state index in [1.807, 2.05) is 15.9 Å². The molecule has 0 atom stereocenters. The van der Waals surface area contributed by atoms with Gasteiger partial charge in [-0.05, 0) is 0 Å². The summed E-state index contributed by atoms with van der Waals surface area (Å²) in [6, 6.07) is 0. The minimum absolute atomic E-state index is 0.125. The first-order valence-electron chi connectivity index (χ1n) is 2.63. The quantitative estimate of drug-likeness (QED) is 0.454. The Labute approximate surface area is 116 Å². The van der Waals surface area contributed by atoms with Crippen LogP contribution in [0.3, 0.4) is 0 Å². The summed E-state index contributed by atoms with van der Waals surface area (Å²) in [6.45, 7) is 0. The molecule has 1 aliphatic rings. The Morgan fingerprint density at radius 2 is 1.64 bits per heavy atom. The number of rotatable bonds is 2. The first kappa shape index (κ1) is 17.6. The average molecular weight is 310 g/mol. The summed E-state index contributed by atoms with van der Waals surface area (Å²) in [7, 11) is -4.56. The summed E-state index contributed by atoms with van der Waals surface area (Å²) >= 11 is -0.596. The van der Waals surface area contributed by atoms with Crippen molar-refractivity contribution in [1.29, 1.82) is 0 Å². The molecule has 9 nitrogen and oxygen atoms in total. The van der Waals surface area contributed by atoms with Gasteiger partial charge < -0.3 is 25.4 Å². The summed E-state index contributed by atoms with van der Waals surface area (Å²) in [5, 5.41) is 0. The Hall–Kier alpha value is 1.24. The topological polar surface area (TPSA) is 140 Å². The molecule has 0 bridgehead atoms. The Kier molecular flexibility index (Phi) is 11.9. The van der Waals surface area contributed by atoms with Crippen LogP contribution in [0.25, 0.3) is 0 Å². The van der Waals surface area contributed by atoms with Crippen LogP contribution in [0.1, 0.15) is 0 Å². The molecule has 0 spiro atoms. The van der Waals surface area contributed by atoms with Gasteiger partial charge in [0.1, 0.15) is 0 Å². The van der Waals surface area contributed by atoms with Crippen LogP contribution in [0.4, 0.5) is 4.79 Å². The van der Waals surface area contributed by atoms with Gasteiger partial charge >= 0.3 is 87.4 Å². The van der Waals surface area contributed by atoms with E-state index in [1.165, 1.54) is 0 Å². The molecule has 0 aromatic rings. The molecule has 0 saturated carbocycles. The van der Waals surface area contributed by atoms with Crippen molar-refractivity contribution >= 4 is 66.2 Å². The number of hydrogen-bond donors (Lipinski definition) is 3. The van der Waals surface area contributed by atoms with Crippen LogP contribution in [0, 0.1) is 0 Å². The first-order chi connectivity index (χ1) is 6.47. The molecule has 0 unspecified atom stereocenters. The van der Waals surface area contributed by atoms with Gasteiger partial charge in [0, 0.05) is 0 Å². The molecule has 1 heterocycles. The normalized spacial score (nSPS) is 13.3. The molecule has 78 valence electrons. The molecule has 0 aromatic carbocycles. The Bertz CT molecular complexity index is 174. The summed E-state index contributed by atoms with van der Waals surface area (Å²) in [5.74, 6) is 0. The number of carbonyl (C=O) groups excluding carboxylic acids is 1. The average Bonchev–Trinajstić information content (AvgIpc) is 2.07. The van der Waals surface area contributed by atoms with Crippen LogP contribution in [-0.2, 0) is 32.3 Å². The fraction of sp³-hybridized carbons (Fsp3) is 0. The van der Waals surface area contributed by atoms with Gasteiger partial charge in [-0.3, -0.25) is 0 Å². The predicted molar refractivity (Wildman–Crippen MR) is 33.9 cm³/mol. The van der Waals surface area contributed by atoms with Crippen molar-refractivity contribution < 1.29 is 51.4 Å². The fourth-order valence-corrected chi connectivity index (χ4v) is 2.09. The molecular formula is CH3AlCaFeO9Si. The molecular weight excluding hydrogens is 307 g/mol. The van der Waals surface area contributed by atoms with E-state index in [0.29, 0.717) is 0 Å². The minimum atomic E-state index is -4.56. The third-order valence-corrected chi connectivity index (χ3v) is 3.44. The van der Waals surface area contributed by atoms with Gasteiger partial charge in [-0.25, -0.2) is 4.79 Å². The van der Waals surface area contributed by atoms with Crippen molar-refractivity contribution in [3.05, 3.63) is 0 Å². The summed E-state index contributed by atoms with van der Waals surface area (Å²) in [6.07, 6.45) is -0.921. The molecule has 14 heavy (non-hydrogen) atoms. The van der Waals surface area contributed by atoms with Crippen molar-refractivity contribution in [1.82, 2.24) is 0 Å². The summed E-state index contributed by atoms with van der Waals surface area (Å²) < 4.78 is 28.6. The van der Waals surface area contributed by atoms with E-state index < -0.39 is 30.4 Å². The van der Waals surface area contributed by atoms with E-state index in [9.17, 15) is 4.79 Å². The Morgan fingerprint density at radius 3 is 1.86 bits per heavy atom. The number of hydrogen-bond acceptors (Lipinski definition) is 9. The van der Waals surface area contributed by atoms with Gasteiger partial charge in [0.15, 0.2) is 0 Å². The van der Waals surface area contributed by atoms with E-state index in [1.54, 1.807) is 0 Å². The summed E-state index contributed by atoms with van der Waals surface area (Å²) in [5.41, 5.74) is 0. The van der Waals surface area contributed by atoms with Gasteiger partial charge in [0.25, 0.3) is 0 Å². The number of carbonyl (C=O) groups is 1. The zero-order valence-electron chi connectivity index (χ0n) is 6.43. The van der Waals surface area contributed by atoms with Crippen molar-refractivity contribution in [2.75, 3.05) is 0 Å². The second-order valence-corrected chi connectivity index (χ2v) is 4.61. The maximum atomic E-state index is 9.88. The van der Waals surface area contributed by atoms with Crippen LogP contribution in [0.5, 0.6) is 0 Å². The van der Waals surface area contributed by atoms with Gasteiger partial charge in [0.05, 0.1) is 0 Å². The van der Waals surface area contributed by atoms with Gasteiger partial charge in [-0.2, -0.15) is 0 Å². The molecule has 1 aliphatic heterocycles. The van der Waals surface area contributed by atoms with Crippen molar-refractivity contribution in [2.45, 2.75) is 0 Å². The Morgan fingerprint density at radius 1 is 1.29 bits per heavy atom. The molecule has 0 radical (unpaired) electrons. The molecule has 0 aliphatic carbocycles. The van der Waals surface area contributed by atoms with E-state index in [2.05, 4.69) is 11.1 Å². The van der Waals surface area contributed by atoms with E-state index in [4.69, 9.17) is 19.7 Å². The van der Waals surface area contributed by atoms with Crippen molar-refractivity contribution in [3.8, 4) is 0 Å². The standard InChI is InChI=1S/CH2O3.Al.Ca.Fe.H3O4Si.2O/c2-1(3)4;;;;1-5(2,3)4;;/h(H2,2,3,4);;;;1-3H;;/q;+3;;;-1;;/p-2. The monoisotopic (exact) mass is 310 g/mol. The van der Waals surface area contributed by atoms with Crippen LogP contribution >= 0.6 is 0 Å². The van der Waals surface area contributed by atoms with Gasteiger partial charge in [-0.1, -0.05) is 0 Å². The van der Waals surface area contributed by atoms with E-state index in [0.717, 1.165) is 0 Å². The molecule has 13 heteroatoms. The predicted octanol–water partition coefficient (Wildman–Crippen LogP) is -3.05. The molecule has 1 fully saturated rings. The zero-order valence-corrected chi connectivity index (χ0v) is 11.9. The molecule has 1 rings (SSSR count). The fourth-order valence-electron chi connectivity index (χ4n) is 0.343. The third kappa shape index (κ3) is 9.78. The van der Waals surface area contributed by atoms with Crippen LogP contribution in [-0.4, -0.2) is 80.6 Å². The molecule has 3 N–H and O–H groups in total. The summed E-state index contributed by atoms with van der Waals surface area (Å²) in [4.78, 5) is 34.6. The van der Waals surface area contributed by atoms with Crippen molar-refractivity contribution in [2.24, 2.45) is 0 Å². The van der Waals surface area contributed by atoms with Crippen LogP contribution < -0.4 is 0 Å². The van der Waals surface area contributed by atoms with E-state index >= 15 is 0 Å². The molecule has 0 amide bonds. The molecule has 0 aromatic heterocycles. The SMILES string of the molecule is O=C1[O][Al]([O][Si](O)(O)O)[O]1.[O]=[Ca].[O]=[Fe]. The van der Waals surface area contributed by atoms with E-state index in [-0.39, 0.29) is 35.9 Å².